The summed E-state index contributed by atoms with van der Waals surface area (Å²) < 4.78 is 5.50. The summed E-state index contributed by atoms with van der Waals surface area (Å²) in [6.07, 6.45) is 1.77. The van der Waals surface area contributed by atoms with E-state index in [1.54, 1.807) is 0 Å². The third-order valence-corrected chi connectivity index (χ3v) is 4.16. The van der Waals surface area contributed by atoms with Crippen LogP contribution in [0.2, 0.25) is 0 Å². The third kappa shape index (κ3) is 4.97. The van der Waals surface area contributed by atoms with Crippen LogP contribution in [0.25, 0.3) is 11.3 Å². The van der Waals surface area contributed by atoms with Gasteiger partial charge in [0.05, 0.1) is 17.9 Å². The highest BCUT2D eigenvalue weighted by Crippen LogP contribution is 2.26. The lowest BCUT2D eigenvalue weighted by Gasteiger charge is -2.21. The summed E-state index contributed by atoms with van der Waals surface area (Å²) in [6.45, 7) is 3.99. The maximum Gasteiger partial charge on any atom is 0.340 e. The summed E-state index contributed by atoms with van der Waals surface area (Å²) in [5.41, 5.74) is 2.91. The molecule has 3 rings (SSSR count). The Labute approximate surface area is 160 Å². The minimum Gasteiger partial charge on any atom is -0.462 e. The number of guanidine groups is 1. The van der Waals surface area contributed by atoms with E-state index in [-0.39, 0.29) is 5.97 Å². The number of nitrogens with one attached hydrogen (secondary N) is 2. The van der Waals surface area contributed by atoms with Crippen molar-refractivity contribution < 1.29 is 9.53 Å². The van der Waals surface area contributed by atoms with Crippen molar-refractivity contribution in [2.45, 2.75) is 19.8 Å². The first-order valence-corrected chi connectivity index (χ1v) is 9.37. The van der Waals surface area contributed by atoms with Crippen molar-refractivity contribution in [3.05, 3.63) is 71.8 Å². The minimum atomic E-state index is -0.342. The van der Waals surface area contributed by atoms with E-state index in [0.717, 1.165) is 37.1 Å². The number of hydrogen-bond donors (Lipinski definition) is 2. The van der Waals surface area contributed by atoms with Crippen LogP contribution >= 0.6 is 0 Å². The Kier molecular flexibility index (Phi) is 6.63. The van der Waals surface area contributed by atoms with E-state index in [0.29, 0.717) is 23.8 Å². The van der Waals surface area contributed by atoms with Crippen molar-refractivity contribution in [2.75, 3.05) is 19.7 Å². The molecule has 0 spiro atoms. The van der Waals surface area contributed by atoms with Gasteiger partial charge in [-0.2, -0.15) is 0 Å². The van der Waals surface area contributed by atoms with Crippen LogP contribution in [0.4, 0.5) is 0 Å². The lowest BCUT2D eigenvalue weighted by Crippen LogP contribution is -2.40. The molecule has 0 aromatic heterocycles. The van der Waals surface area contributed by atoms with Gasteiger partial charge in [0.25, 0.3) is 0 Å². The fourth-order valence-electron chi connectivity index (χ4n) is 2.85. The van der Waals surface area contributed by atoms with E-state index >= 15 is 0 Å². The second-order valence-electron chi connectivity index (χ2n) is 6.25. The smallest absolute Gasteiger partial charge is 0.340 e. The number of nitrogens with zero attached hydrogens (tertiary/aromatic N) is 1. The van der Waals surface area contributed by atoms with Crippen molar-refractivity contribution in [3.63, 3.8) is 0 Å². The molecular weight excluding hydrogens is 338 g/mol. The van der Waals surface area contributed by atoms with E-state index in [1.165, 1.54) is 0 Å². The van der Waals surface area contributed by atoms with Gasteiger partial charge in [0.2, 0.25) is 0 Å². The van der Waals surface area contributed by atoms with Gasteiger partial charge < -0.3 is 15.4 Å². The van der Waals surface area contributed by atoms with Crippen LogP contribution in [0, 0.1) is 0 Å². The van der Waals surface area contributed by atoms with Crippen LogP contribution < -0.4 is 10.6 Å². The molecule has 140 valence electrons. The number of carbonyl (C=O) groups is 1. The standard InChI is InChI=1S/C22H25N3O2/c1-2-16-27-21(26)19(17-10-5-3-6-11-17)20(18-12-7-4-8-13-18)25-22-23-14-9-15-24-22/h3-8,10-13H,2,9,14-16H2,1H3,(H2,23,24,25). The Bertz CT molecular complexity index is 814. The Hall–Kier alpha value is -3.08. The van der Waals surface area contributed by atoms with Crippen LogP contribution in [-0.4, -0.2) is 31.6 Å². The van der Waals surface area contributed by atoms with Crippen molar-refractivity contribution in [1.82, 2.24) is 10.6 Å². The zero-order chi connectivity index (χ0) is 18.9. The van der Waals surface area contributed by atoms with Crippen molar-refractivity contribution in [1.29, 1.82) is 0 Å². The SMILES string of the molecule is CCCOC(=O)C(=C(NC1=NCCCN1)c1ccccc1)c1ccccc1. The molecule has 0 fully saturated rings. The molecule has 27 heavy (non-hydrogen) atoms. The summed E-state index contributed by atoms with van der Waals surface area (Å²) in [5, 5.41) is 6.61. The molecule has 0 amide bonds. The fraction of sp³-hybridized carbons (Fsp3) is 0.273. The molecule has 0 atom stereocenters. The molecule has 0 aliphatic carbocycles. The highest BCUT2D eigenvalue weighted by atomic mass is 16.5. The van der Waals surface area contributed by atoms with Gasteiger partial charge in [-0.1, -0.05) is 67.6 Å². The van der Waals surface area contributed by atoms with Gasteiger partial charge in [-0.15, -0.1) is 0 Å². The van der Waals surface area contributed by atoms with E-state index < -0.39 is 0 Å². The monoisotopic (exact) mass is 363 g/mol. The number of aliphatic imine (C=N–C) groups is 1. The van der Waals surface area contributed by atoms with Gasteiger partial charge >= 0.3 is 5.97 Å². The molecule has 1 aliphatic heterocycles. The van der Waals surface area contributed by atoms with Crippen LogP contribution in [-0.2, 0) is 9.53 Å². The number of rotatable bonds is 6. The summed E-state index contributed by atoms with van der Waals surface area (Å²) in [4.78, 5) is 17.5. The van der Waals surface area contributed by atoms with Gasteiger partial charge in [0.15, 0.2) is 5.96 Å². The van der Waals surface area contributed by atoms with E-state index in [1.807, 2.05) is 67.6 Å². The average Bonchev–Trinajstić information content (AvgIpc) is 2.74. The van der Waals surface area contributed by atoms with Gasteiger partial charge in [-0.05, 0) is 24.0 Å². The van der Waals surface area contributed by atoms with Crippen LogP contribution in [0.5, 0.6) is 0 Å². The van der Waals surface area contributed by atoms with E-state index in [4.69, 9.17) is 4.74 Å². The van der Waals surface area contributed by atoms with Crippen molar-refractivity contribution in [3.8, 4) is 0 Å². The normalized spacial score (nSPS) is 14.5. The number of esters is 1. The molecule has 5 heteroatoms. The Morgan fingerprint density at radius 1 is 1.07 bits per heavy atom. The Morgan fingerprint density at radius 2 is 1.74 bits per heavy atom. The number of benzene rings is 2. The highest BCUT2D eigenvalue weighted by Gasteiger charge is 2.22. The maximum absolute atomic E-state index is 13.0. The molecule has 0 saturated heterocycles. The predicted molar refractivity (Wildman–Crippen MR) is 109 cm³/mol. The summed E-state index contributed by atoms with van der Waals surface area (Å²) in [6, 6.07) is 19.4. The molecule has 1 heterocycles. The van der Waals surface area contributed by atoms with Crippen LogP contribution in [0.1, 0.15) is 30.9 Å². The number of carbonyl (C=O) groups excluding carboxylic acids is 1. The summed E-state index contributed by atoms with van der Waals surface area (Å²) in [5.74, 6) is 0.336. The van der Waals surface area contributed by atoms with Crippen LogP contribution in [0.15, 0.2) is 65.7 Å². The molecular formula is C22H25N3O2. The second kappa shape index (κ2) is 9.57. The largest absolute Gasteiger partial charge is 0.462 e. The fourth-order valence-corrected chi connectivity index (χ4v) is 2.85. The lowest BCUT2D eigenvalue weighted by molar-refractivity contribution is -0.136. The average molecular weight is 363 g/mol. The lowest BCUT2D eigenvalue weighted by atomic mass is 9.99. The van der Waals surface area contributed by atoms with Gasteiger partial charge in [-0.3, -0.25) is 4.99 Å². The second-order valence-corrected chi connectivity index (χ2v) is 6.25. The molecule has 0 bridgehead atoms. The molecule has 2 N–H and O–H groups in total. The van der Waals surface area contributed by atoms with E-state index in [9.17, 15) is 4.79 Å². The first-order chi connectivity index (χ1) is 13.3. The zero-order valence-corrected chi connectivity index (χ0v) is 15.6. The first-order valence-electron chi connectivity index (χ1n) is 9.37. The summed E-state index contributed by atoms with van der Waals surface area (Å²) in [7, 11) is 0. The predicted octanol–water partition coefficient (Wildman–Crippen LogP) is 3.45. The quantitative estimate of drug-likeness (QED) is 0.469. The topological polar surface area (TPSA) is 62.7 Å². The Morgan fingerprint density at radius 3 is 2.33 bits per heavy atom. The van der Waals surface area contributed by atoms with Crippen molar-refractivity contribution >= 4 is 23.2 Å². The van der Waals surface area contributed by atoms with Gasteiger partial charge in [0.1, 0.15) is 0 Å². The summed E-state index contributed by atoms with van der Waals surface area (Å²) >= 11 is 0. The number of ether oxygens (including phenoxy) is 1. The minimum absolute atomic E-state index is 0.342. The Balaban J connectivity index is 2.12. The molecule has 5 nitrogen and oxygen atoms in total. The first kappa shape index (κ1) is 18.7. The molecule has 2 aromatic rings. The molecule has 2 aromatic carbocycles. The van der Waals surface area contributed by atoms with Gasteiger partial charge in [-0.25, -0.2) is 4.79 Å². The van der Waals surface area contributed by atoms with Crippen LogP contribution in [0.3, 0.4) is 0 Å². The van der Waals surface area contributed by atoms with E-state index in [2.05, 4.69) is 15.6 Å². The molecule has 0 saturated carbocycles. The van der Waals surface area contributed by atoms with Gasteiger partial charge in [0, 0.05) is 13.1 Å². The maximum atomic E-state index is 13.0. The van der Waals surface area contributed by atoms with Crippen molar-refractivity contribution in [2.24, 2.45) is 4.99 Å². The zero-order valence-electron chi connectivity index (χ0n) is 15.6. The molecule has 0 radical (unpaired) electrons. The highest BCUT2D eigenvalue weighted by molar-refractivity contribution is 6.25. The third-order valence-electron chi connectivity index (χ3n) is 4.16. The molecule has 0 unspecified atom stereocenters. The molecule has 1 aliphatic rings. The number of hydrogen-bond acceptors (Lipinski definition) is 5.